The van der Waals surface area contributed by atoms with Crippen LogP contribution in [0.4, 0.5) is 0 Å². The molecule has 0 spiro atoms. The van der Waals surface area contributed by atoms with Crippen molar-refractivity contribution in [1.82, 2.24) is 14.7 Å². The third kappa shape index (κ3) is 2.84. The second kappa shape index (κ2) is 5.88. The van der Waals surface area contributed by atoms with Crippen LogP contribution in [-0.2, 0) is 0 Å². The topological polar surface area (TPSA) is 46.4 Å². The monoisotopic (exact) mass is 305 g/mol. The summed E-state index contributed by atoms with van der Waals surface area (Å²) in [6.07, 6.45) is 8.50. The summed E-state index contributed by atoms with van der Waals surface area (Å²) in [4.78, 5) is 17.0. The summed E-state index contributed by atoms with van der Waals surface area (Å²) in [5.74, 6) is 0.00339. The predicted octanol–water partition coefficient (Wildman–Crippen LogP) is 3.67. The van der Waals surface area contributed by atoms with Crippen LogP contribution in [0, 0.1) is 0 Å². The number of hydrogen-bond acceptors (Lipinski definition) is 2. The summed E-state index contributed by atoms with van der Waals surface area (Å²) < 4.78 is 1.95. The molecule has 23 heavy (non-hydrogen) atoms. The van der Waals surface area contributed by atoms with Crippen molar-refractivity contribution in [3.63, 3.8) is 0 Å². The average molecular weight is 305 g/mol. The van der Waals surface area contributed by atoms with Gasteiger partial charge >= 0.3 is 0 Å². The van der Waals surface area contributed by atoms with E-state index in [0.717, 1.165) is 29.7 Å². The fourth-order valence-corrected chi connectivity index (χ4v) is 3.21. The van der Waals surface area contributed by atoms with Gasteiger partial charge in [0.25, 0.3) is 5.91 Å². The first-order valence-corrected chi connectivity index (χ1v) is 8.15. The van der Waals surface area contributed by atoms with Gasteiger partial charge in [-0.25, -0.2) is 4.98 Å². The molecule has 1 fully saturated rings. The molecule has 116 valence electrons. The number of amides is 1. The van der Waals surface area contributed by atoms with Crippen molar-refractivity contribution in [2.75, 3.05) is 0 Å². The van der Waals surface area contributed by atoms with Crippen LogP contribution in [0.2, 0.25) is 0 Å². The predicted molar refractivity (Wildman–Crippen MR) is 90.4 cm³/mol. The second-order valence-electron chi connectivity index (χ2n) is 6.13. The Morgan fingerprint density at radius 3 is 2.70 bits per heavy atom. The largest absolute Gasteiger partial charge is 0.349 e. The number of rotatable bonds is 3. The summed E-state index contributed by atoms with van der Waals surface area (Å²) in [6, 6.07) is 14.1. The van der Waals surface area contributed by atoms with E-state index in [1.807, 2.05) is 59.3 Å². The lowest BCUT2D eigenvalue weighted by Crippen LogP contribution is -2.32. The minimum absolute atomic E-state index is 0.00339. The van der Waals surface area contributed by atoms with Crippen LogP contribution in [0.3, 0.4) is 0 Å². The van der Waals surface area contributed by atoms with E-state index in [1.54, 1.807) is 0 Å². The van der Waals surface area contributed by atoms with Gasteiger partial charge in [0.05, 0.1) is 5.69 Å². The number of carbonyl (C=O) groups is 1. The molecule has 2 heterocycles. The van der Waals surface area contributed by atoms with E-state index in [9.17, 15) is 4.79 Å². The Kier molecular flexibility index (Phi) is 3.58. The summed E-state index contributed by atoms with van der Waals surface area (Å²) >= 11 is 0. The van der Waals surface area contributed by atoms with E-state index in [1.165, 1.54) is 12.8 Å². The minimum atomic E-state index is 0.00339. The van der Waals surface area contributed by atoms with E-state index in [4.69, 9.17) is 0 Å². The lowest BCUT2D eigenvalue weighted by atomic mass is 10.2. The maximum absolute atomic E-state index is 12.4. The highest BCUT2D eigenvalue weighted by Crippen LogP contribution is 2.20. The van der Waals surface area contributed by atoms with Crippen molar-refractivity contribution in [2.45, 2.75) is 31.7 Å². The third-order valence-corrected chi connectivity index (χ3v) is 4.48. The van der Waals surface area contributed by atoms with Gasteiger partial charge in [0, 0.05) is 29.6 Å². The Balaban J connectivity index is 1.61. The number of hydrogen-bond donors (Lipinski definition) is 1. The van der Waals surface area contributed by atoms with Gasteiger partial charge < -0.3 is 9.72 Å². The van der Waals surface area contributed by atoms with Crippen LogP contribution in [-0.4, -0.2) is 21.3 Å². The first kappa shape index (κ1) is 14.0. The SMILES string of the molecule is O=C(NC1CCCC1)c1ccn2cc(-c3ccccc3)nc2c1. The fraction of sp³-hybridized carbons (Fsp3) is 0.263. The Morgan fingerprint density at radius 1 is 1.13 bits per heavy atom. The minimum Gasteiger partial charge on any atom is -0.349 e. The molecule has 4 rings (SSSR count). The smallest absolute Gasteiger partial charge is 0.251 e. The van der Waals surface area contributed by atoms with Gasteiger partial charge in [-0.05, 0) is 25.0 Å². The third-order valence-electron chi connectivity index (χ3n) is 4.48. The van der Waals surface area contributed by atoms with Crippen molar-refractivity contribution in [2.24, 2.45) is 0 Å². The number of carbonyl (C=O) groups excluding carboxylic acids is 1. The zero-order valence-electron chi connectivity index (χ0n) is 12.9. The molecule has 1 saturated carbocycles. The molecule has 0 radical (unpaired) electrons. The molecular weight excluding hydrogens is 286 g/mol. The van der Waals surface area contributed by atoms with Crippen LogP contribution in [0.25, 0.3) is 16.9 Å². The number of pyridine rings is 1. The van der Waals surface area contributed by atoms with Gasteiger partial charge in [0.15, 0.2) is 0 Å². The van der Waals surface area contributed by atoms with Crippen molar-refractivity contribution in [1.29, 1.82) is 0 Å². The molecule has 1 aliphatic carbocycles. The molecular formula is C19H19N3O. The zero-order valence-corrected chi connectivity index (χ0v) is 12.9. The quantitative estimate of drug-likeness (QED) is 0.802. The molecule has 0 saturated heterocycles. The van der Waals surface area contributed by atoms with Crippen molar-refractivity contribution < 1.29 is 4.79 Å². The first-order valence-electron chi connectivity index (χ1n) is 8.15. The Labute approximate surface area is 135 Å². The van der Waals surface area contributed by atoms with Gasteiger partial charge in [-0.15, -0.1) is 0 Å². The van der Waals surface area contributed by atoms with Crippen LogP contribution >= 0.6 is 0 Å². The van der Waals surface area contributed by atoms with Crippen LogP contribution < -0.4 is 5.32 Å². The molecule has 2 aromatic heterocycles. The van der Waals surface area contributed by atoms with Gasteiger partial charge in [0.2, 0.25) is 0 Å². The maximum atomic E-state index is 12.4. The van der Waals surface area contributed by atoms with E-state index < -0.39 is 0 Å². The summed E-state index contributed by atoms with van der Waals surface area (Å²) in [6.45, 7) is 0. The number of aromatic nitrogens is 2. The number of benzene rings is 1. The molecule has 0 unspecified atom stereocenters. The van der Waals surface area contributed by atoms with Crippen molar-refractivity contribution in [3.8, 4) is 11.3 Å². The summed E-state index contributed by atoms with van der Waals surface area (Å²) in [5.41, 5.74) is 3.46. The van der Waals surface area contributed by atoms with Gasteiger partial charge in [-0.3, -0.25) is 4.79 Å². The van der Waals surface area contributed by atoms with Crippen molar-refractivity contribution in [3.05, 3.63) is 60.4 Å². The fourth-order valence-electron chi connectivity index (χ4n) is 3.21. The lowest BCUT2D eigenvalue weighted by molar-refractivity contribution is 0.0938. The number of fused-ring (bicyclic) bond motifs is 1. The van der Waals surface area contributed by atoms with Crippen LogP contribution in [0.15, 0.2) is 54.9 Å². The summed E-state index contributed by atoms with van der Waals surface area (Å²) in [5, 5.41) is 3.12. The Morgan fingerprint density at radius 2 is 1.91 bits per heavy atom. The molecule has 1 aromatic carbocycles. The molecule has 1 amide bonds. The number of imidazole rings is 1. The highest BCUT2D eigenvalue weighted by atomic mass is 16.1. The number of nitrogens with zero attached hydrogens (tertiary/aromatic N) is 2. The molecule has 0 bridgehead atoms. The van der Waals surface area contributed by atoms with E-state index in [0.29, 0.717) is 11.6 Å². The van der Waals surface area contributed by atoms with Crippen molar-refractivity contribution >= 4 is 11.6 Å². The molecule has 1 N–H and O–H groups in total. The van der Waals surface area contributed by atoms with Gasteiger partial charge in [-0.2, -0.15) is 0 Å². The zero-order chi connectivity index (χ0) is 15.6. The van der Waals surface area contributed by atoms with E-state index in [-0.39, 0.29) is 5.91 Å². The standard InChI is InChI=1S/C19H19N3O/c23-19(20-16-8-4-5-9-16)15-10-11-22-13-17(21-18(22)12-15)14-6-2-1-3-7-14/h1-3,6-7,10-13,16H,4-5,8-9H2,(H,20,23). The highest BCUT2D eigenvalue weighted by molar-refractivity contribution is 5.95. The molecule has 1 aliphatic rings. The molecule has 4 nitrogen and oxygen atoms in total. The molecule has 3 aromatic rings. The lowest BCUT2D eigenvalue weighted by Gasteiger charge is -2.11. The molecule has 4 heteroatoms. The first-order chi connectivity index (χ1) is 11.3. The number of nitrogens with one attached hydrogen (secondary N) is 1. The van der Waals surface area contributed by atoms with Gasteiger partial charge in [-0.1, -0.05) is 43.2 Å². The van der Waals surface area contributed by atoms with E-state index in [2.05, 4.69) is 10.3 Å². The average Bonchev–Trinajstić information content (AvgIpc) is 3.24. The van der Waals surface area contributed by atoms with E-state index >= 15 is 0 Å². The second-order valence-corrected chi connectivity index (χ2v) is 6.13. The normalized spacial score (nSPS) is 15.1. The maximum Gasteiger partial charge on any atom is 0.251 e. The molecule has 0 atom stereocenters. The summed E-state index contributed by atoms with van der Waals surface area (Å²) in [7, 11) is 0. The van der Waals surface area contributed by atoms with Crippen LogP contribution in [0.5, 0.6) is 0 Å². The highest BCUT2D eigenvalue weighted by Gasteiger charge is 2.18. The Hall–Kier alpha value is -2.62. The molecule has 0 aliphatic heterocycles. The van der Waals surface area contributed by atoms with Crippen LogP contribution in [0.1, 0.15) is 36.0 Å². The Bertz CT molecular complexity index is 832. The van der Waals surface area contributed by atoms with Gasteiger partial charge in [0.1, 0.15) is 5.65 Å².